The second-order valence-corrected chi connectivity index (χ2v) is 7.50. The highest BCUT2D eigenvalue weighted by atomic mass is 35.5. The van der Waals surface area contributed by atoms with Crippen LogP contribution in [-0.4, -0.2) is 14.9 Å². The SMILES string of the molecule is CC12c3ccccc3CC3(CCCC3)N1C2(Cl)Cl. The van der Waals surface area contributed by atoms with Crippen LogP contribution in [0.15, 0.2) is 24.3 Å². The minimum Gasteiger partial charge on any atom is -0.250 e. The highest BCUT2D eigenvalue weighted by Crippen LogP contribution is 2.72. The zero-order valence-electron chi connectivity index (χ0n) is 10.5. The molecule has 1 nitrogen and oxygen atoms in total. The van der Waals surface area contributed by atoms with E-state index in [0.717, 1.165) is 6.42 Å². The second kappa shape index (κ2) is 3.26. The predicted octanol–water partition coefficient (Wildman–Crippen LogP) is 4.22. The lowest BCUT2D eigenvalue weighted by Gasteiger charge is -2.38. The van der Waals surface area contributed by atoms with Crippen molar-refractivity contribution >= 4 is 23.2 Å². The average Bonchev–Trinajstić information content (AvgIpc) is 2.66. The molecule has 2 unspecified atom stereocenters. The van der Waals surface area contributed by atoms with E-state index in [9.17, 15) is 0 Å². The van der Waals surface area contributed by atoms with Crippen LogP contribution in [0.2, 0.25) is 0 Å². The molecule has 0 bridgehead atoms. The lowest BCUT2D eigenvalue weighted by Crippen LogP contribution is -2.44. The van der Waals surface area contributed by atoms with Gasteiger partial charge in [0.1, 0.15) is 0 Å². The van der Waals surface area contributed by atoms with Gasteiger partial charge in [-0.05, 0) is 37.3 Å². The van der Waals surface area contributed by atoms with Crippen LogP contribution in [0.25, 0.3) is 0 Å². The summed E-state index contributed by atoms with van der Waals surface area (Å²) in [6.07, 6.45) is 6.19. The monoisotopic (exact) mass is 281 g/mol. The van der Waals surface area contributed by atoms with Crippen LogP contribution in [0.3, 0.4) is 0 Å². The summed E-state index contributed by atoms with van der Waals surface area (Å²) < 4.78 is -0.718. The third-order valence-electron chi connectivity index (χ3n) is 5.33. The molecule has 2 aliphatic heterocycles. The van der Waals surface area contributed by atoms with Crippen molar-refractivity contribution in [1.82, 2.24) is 4.90 Å². The summed E-state index contributed by atoms with van der Waals surface area (Å²) in [5.74, 6) is 0. The van der Waals surface area contributed by atoms with Crippen LogP contribution in [0.1, 0.15) is 43.7 Å². The topological polar surface area (TPSA) is 3.01 Å². The van der Waals surface area contributed by atoms with E-state index in [1.165, 1.54) is 36.8 Å². The third kappa shape index (κ3) is 1.10. The van der Waals surface area contributed by atoms with Crippen molar-refractivity contribution in [3.63, 3.8) is 0 Å². The number of rotatable bonds is 0. The molecule has 18 heavy (non-hydrogen) atoms. The lowest BCUT2D eigenvalue weighted by molar-refractivity contribution is 0.167. The Bertz CT molecular complexity index is 519. The van der Waals surface area contributed by atoms with Crippen molar-refractivity contribution < 1.29 is 0 Å². The Morgan fingerprint density at radius 2 is 1.78 bits per heavy atom. The molecule has 3 heteroatoms. The number of halogens is 2. The quantitative estimate of drug-likeness (QED) is 0.391. The molecule has 1 spiro atoms. The van der Waals surface area contributed by atoms with E-state index in [0.29, 0.717) is 0 Å². The predicted molar refractivity (Wildman–Crippen MR) is 75.0 cm³/mol. The summed E-state index contributed by atoms with van der Waals surface area (Å²) in [6.45, 7) is 2.20. The molecule has 1 aromatic rings. The van der Waals surface area contributed by atoms with Gasteiger partial charge in [0.05, 0.1) is 5.54 Å². The van der Waals surface area contributed by atoms with E-state index in [1.54, 1.807) is 0 Å². The Balaban J connectivity index is 1.93. The van der Waals surface area contributed by atoms with E-state index in [4.69, 9.17) is 23.2 Å². The first-order valence-electron chi connectivity index (χ1n) is 6.79. The molecule has 2 fully saturated rings. The molecule has 2 heterocycles. The van der Waals surface area contributed by atoms with Crippen LogP contribution < -0.4 is 0 Å². The fourth-order valence-corrected chi connectivity index (χ4v) is 5.46. The first-order chi connectivity index (χ1) is 8.52. The van der Waals surface area contributed by atoms with Gasteiger partial charge in [0, 0.05) is 5.54 Å². The fourth-order valence-electron chi connectivity index (χ4n) is 4.48. The number of alkyl halides is 2. The fraction of sp³-hybridized carbons (Fsp3) is 0.600. The number of benzene rings is 1. The molecule has 1 saturated heterocycles. The summed E-state index contributed by atoms with van der Waals surface area (Å²) >= 11 is 13.3. The standard InChI is InChI=1S/C15H17Cl2N/c1-13-12-7-3-2-6-11(12)10-14(8-4-5-9-14)18(13)15(13,16)17/h2-3,6-7H,4-5,8-10H2,1H3. The van der Waals surface area contributed by atoms with Crippen molar-refractivity contribution in [3.05, 3.63) is 35.4 Å². The van der Waals surface area contributed by atoms with Gasteiger partial charge in [-0.2, -0.15) is 0 Å². The molecule has 4 rings (SSSR count). The number of fused-ring (bicyclic) bond motifs is 4. The maximum Gasteiger partial charge on any atom is 0.195 e. The van der Waals surface area contributed by atoms with E-state index in [2.05, 4.69) is 36.1 Å². The maximum atomic E-state index is 6.64. The van der Waals surface area contributed by atoms with Gasteiger partial charge in [-0.15, -0.1) is 0 Å². The zero-order chi connectivity index (χ0) is 12.6. The molecule has 1 aromatic carbocycles. The molecule has 1 saturated carbocycles. The molecule has 3 aliphatic rings. The van der Waals surface area contributed by atoms with Gasteiger partial charge in [0.25, 0.3) is 0 Å². The summed E-state index contributed by atoms with van der Waals surface area (Å²) in [5, 5.41) is 0. The maximum absolute atomic E-state index is 6.64. The van der Waals surface area contributed by atoms with Crippen molar-refractivity contribution in [3.8, 4) is 0 Å². The van der Waals surface area contributed by atoms with E-state index < -0.39 is 4.46 Å². The van der Waals surface area contributed by atoms with Crippen molar-refractivity contribution in [2.75, 3.05) is 0 Å². The van der Waals surface area contributed by atoms with Crippen molar-refractivity contribution in [2.24, 2.45) is 0 Å². The Labute approximate surface area is 118 Å². The van der Waals surface area contributed by atoms with Crippen molar-refractivity contribution in [1.29, 1.82) is 0 Å². The summed E-state index contributed by atoms with van der Waals surface area (Å²) in [6, 6.07) is 8.67. The molecule has 1 aliphatic carbocycles. The Hall–Kier alpha value is -0.240. The molecular formula is C15H17Cl2N. The first kappa shape index (κ1) is 11.6. The highest BCUT2D eigenvalue weighted by molar-refractivity contribution is 6.51. The van der Waals surface area contributed by atoms with Crippen molar-refractivity contribution in [2.45, 2.75) is 54.6 Å². The summed E-state index contributed by atoms with van der Waals surface area (Å²) in [4.78, 5) is 2.38. The smallest absolute Gasteiger partial charge is 0.195 e. The summed E-state index contributed by atoms with van der Waals surface area (Å²) in [5.41, 5.74) is 2.80. The second-order valence-electron chi connectivity index (χ2n) is 6.21. The van der Waals surface area contributed by atoms with Gasteiger partial charge in [0.15, 0.2) is 4.46 Å². The largest absolute Gasteiger partial charge is 0.250 e. The lowest BCUT2D eigenvalue weighted by atomic mass is 9.80. The summed E-state index contributed by atoms with van der Waals surface area (Å²) in [7, 11) is 0. The van der Waals surface area contributed by atoms with E-state index >= 15 is 0 Å². The normalized spacial score (nSPS) is 38.3. The van der Waals surface area contributed by atoms with Crippen LogP contribution in [0.4, 0.5) is 0 Å². The molecule has 2 atom stereocenters. The van der Waals surface area contributed by atoms with Gasteiger partial charge in [-0.25, -0.2) is 0 Å². The van der Waals surface area contributed by atoms with Gasteiger partial charge in [-0.3, -0.25) is 4.90 Å². The molecular weight excluding hydrogens is 265 g/mol. The highest BCUT2D eigenvalue weighted by Gasteiger charge is 2.79. The van der Waals surface area contributed by atoms with Gasteiger partial charge >= 0.3 is 0 Å². The molecule has 0 aromatic heterocycles. The minimum absolute atomic E-state index is 0.185. The van der Waals surface area contributed by atoms with E-state index in [-0.39, 0.29) is 11.1 Å². The third-order valence-corrected chi connectivity index (χ3v) is 6.41. The Morgan fingerprint density at radius 1 is 1.11 bits per heavy atom. The molecule has 0 N–H and O–H groups in total. The van der Waals surface area contributed by atoms with Gasteiger partial charge < -0.3 is 0 Å². The molecule has 96 valence electrons. The Kier molecular flexibility index (Phi) is 2.09. The van der Waals surface area contributed by atoms with Crippen LogP contribution in [0, 0.1) is 0 Å². The average molecular weight is 282 g/mol. The van der Waals surface area contributed by atoms with Crippen LogP contribution in [0.5, 0.6) is 0 Å². The molecule has 0 radical (unpaired) electrons. The minimum atomic E-state index is -0.718. The first-order valence-corrected chi connectivity index (χ1v) is 7.55. The van der Waals surface area contributed by atoms with Crippen LogP contribution >= 0.6 is 23.2 Å². The Morgan fingerprint density at radius 3 is 2.50 bits per heavy atom. The van der Waals surface area contributed by atoms with Gasteiger partial charge in [0.2, 0.25) is 0 Å². The number of nitrogens with zero attached hydrogens (tertiary/aromatic N) is 1. The van der Waals surface area contributed by atoms with Gasteiger partial charge in [-0.1, -0.05) is 60.3 Å². The van der Waals surface area contributed by atoms with E-state index in [1.807, 2.05) is 0 Å². The molecule has 0 amide bonds. The van der Waals surface area contributed by atoms with Crippen LogP contribution in [-0.2, 0) is 12.0 Å². The zero-order valence-corrected chi connectivity index (χ0v) is 12.1. The number of hydrogen-bond donors (Lipinski definition) is 0. The number of hydrogen-bond acceptors (Lipinski definition) is 1.